The van der Waals surface area contributed by atoms with Gasteiger partial charge in [0.05, 0.1) is 10.6 Å². The van der Waals surface area contributed by atoms with Crippen LogP contribution in [0.15, 0.2) is 53.4 Å². The Morgan fingerprint density at radius 1 is 1.03 bits per heavy atom. The van der Waals surface area contributed by atoms with Gasteiger partial charge < -0.3 is 5.32 Å². The molecule has 1 amide bonds. The Labute approximate surface area is 186 Å². The fourth-order valence-corrected chi connectivity index (χ4v) is 5.71. The zero-order valence-corrected chi connectivity index (χ0v) is 19.7. The molecule has 0 saturated heterocycles. The summed E-state index contributed by atoms with van der Waals surface area (Å²) < 4.78 is 27.9. The summed E-state index contributed by atoms with van der Waals surface area (Å²) in [4.78, 5) is 15.0. The van der Waals surface area contributed by atoms with Crippen LogP contribution in [-0.2, 0) is 16.4 Å². The number of amides is 1. The molecule has 6 nitrogen and oxygen atoms in total. The van der Waals surface area contributed by atoms with Gasteiger partial charge in [-0.1, -0.05) is 18.2 Å². The first-order valence-corrected chi connectivity index (χ1v) is 12.4. The second kappa shape index (κ2) is 9.83. The number of aryl methyl sites for hydroxylation is 1. The Kier molecular flexibility index (Phi) is 7.38. The molecule has 1 aliphatic rings. The first-order chi connectivity index (χ1) is 14.7. The molecule has 3 rings (SSSR count). The molecule has 2 aromatic rings. The Bertz CT molecular complexity index is 993. The number of benzene rings is 2. The average molecular weight is 444 g/mol. The molecule has 0 spiro atoms. The maximum Gasteiger partial charge on any atom is 0.264 e. The zero-order chi connectivity index (χ0) is 22.6. The molecule has 0 aromatic heterocycles. The number of nitrogens with zero attached hydrogens (tertiary/aromatic N) is 2. The lowest BCUT2D eigenvalue weighted by molar-refractivity contribution is 0.0939. The van der Waals surface area contributed by atoms with Gasteiger partial charge in [0, 0.05) is 37.3 Å². The lowest BCUT2D eigenvalue weighted by Crippen LogP contribution is -2.42. The number of hydrogen-bond donors (Lipinski definition) is 1. The largest absolute Gasteiger partial charge is 0.351 e. The van der Waals surface area contributed by atoms with E-state index in [1.807, 2.05) is 24.3 Å². The van der Waals surface area contributed by atoms with Crippen molar-refractivity contribution in [1.82, 2.24) is 10.2 Å². The lowest BCUT2D eigenvalue weighted by Gasteiger charge is -2.30. The Morgan fingerprint density at radius 2 is 1.68 bits per heavy atom. The molecule has 31 heavy (non-hydrogen) atoms. The van der Waals surface area contributed by atoms with Crippen molar-refractivity contribution in [1.29, 1.82) is 0 Å². The van der Waals surface area contributed by atoms with E-state index in [1.165, 1.54) is 16.4 Å². The number of para-hydroxylation sites is 1. The molecule has 0 bridgehead atoms. The van der Waals surface area contributed by atoms with Crippen LogP contribution in [-0.4, -0.2) is 50.9 Å². The number of carbonyl (C=O) groups is 1. The Morgan fingerprint density at radius 3 is 2.32 bits per heavy atom. The first kappa shape index (κ1) is 23.3. The summed E-state index contributed by atoms with van der Waals surface area (Å²) in [5.74, 6) is -0.195. The molecule has 1 aliphatic heterocycles. The molecule has 1 heterocycles. The predicted octanol–water partition coefficient (Wildman–Crippen LogP) is 3.68. The summed E-state index contributed by atoms with van der Waals surface area (Å²) in [5, 5.41) is 2.93. The average Bonchev–Trinajstić information content (AvgIpc) is 2.75. The van der Waals surface area contributed by atoms with Crippen LogP contribution in [0.25, 0.3) is 0 Å². The number of nitrogens with one attached hydrogen (secondary N) is 1. The molecular formula is C24H33N3O3S. The quantitative estimate of drug-likeness (QED) is 0.676. The summed E-state index contributed by atoms with van der Waals surface area (Å²) >= 11 is 0. The molecule has 0 atom stereocenters. The van der Waals surface area contributed by atoms with Gasteiger partial charge in [0.15, 0.2) is 0 Å². The Balaban J connectivity index is 1.68. The van der Waals surface area contributed by atoms with E-state index in [0.29, 0.717) is 30.7 Å². The molecular weight excluding hydrogens is 410 g/mol. The van der Waals surface area contributed by atoms with Gasteiger partial charge in [0.25, 0.3) is 15.9 Å². The molecule has 0 aliphatic carbocycles. The van der Waals surface area contributed by atoms with Crippen LogP contribution in [0.5, 0.6) is 0 Å². The van der Waals surface area contributed by atoms with Gasteiger partial charge in [0.2, 0.25) is 0 Å². The van der Waals surface area contributed by atoms with Gasteiger partial charge in [-0.3, -0.25) is 14.0 Å². The molecule has 1 N–H and O–H groups in total. The monoisotopic (exact) mass is 443 g/mol. The van der Waals surface area contributed by atoms with E-state index < -0.39 is 10.0 Å². The van der Waals surface area contributed by atoms with Crippen molar-refractivity contribution < 1.29 is 13.2 Å². The van der Waals surface area contributed by atoms with Crippen molar-refractivity contribution in [2.24, 2.45) is 0 Å². The molecule has 0 unspecified atom stereocenters. The third-order valence-corrected chi connectivity index (χ3v) is 7.58. The van der Waals surface area contributed by atoms with E-state index in [2.05, 4.69) is 37.9 Å². The van der Waals surface area contributed by atoms with Crippen LogP contribution < -0.4 is 9.62 Å². The van der Waals surface area contributed by atoms with Gasteiger partial charge in [-0.25, -0.2) is 8.42 Å². The molecule has 168 valence electrons. The number of rotatable bonds is 8. The van der Waals surface area contributed by atoms with Gasteiger partial charge in [-0.2, -0.15) is 0 Å². The maximum absolute atomic E-state index is 13.2. The summed E-state index contributed by atoms with van der Waals surface area (Å²) in [5.41, 5.74) is 2.25. The van der Waals surface area contributed by atoms with Crippen molar-refractivity contribution in [3.05, 3.63) is 59.7 Å². The third kappa shape index (κ3) is 5.28. The van der Waals surface area contributed by atoms with Gasteiger partial charge in [-0.05, 0) is 76.4 Å². The van der Waals surface area contributed by atoms with Crippen molar-refractivity contribution in [3.63, 3.8) is 0 Å². The molecule has 0 fully saturated rings. The minimum Gasteiger partial charge on any atom is -0.351 e. The van der Waals surface area contributed by atoms with E-state index in [4.69, 9.17) is 0 Å². The smallest absolute Gasteiger partial charge is 0.264 e. The third-order valence-electron chi connectivity index (χ3n) is 5.75. The SMILES string of the molecule is CC(C)N(CCNC(=O)c1ccc(S(=O)(=O)N2CCCc3ccccc32)cc1)C(C)C. The minimum absolute atomic E-state index is 0.195. The summed E-state index contributed by atoms with van der Waals surface area (Å²) in [6.45, 7) is 10.3. The Hall–Kier alpha value is -2.38. The van der Waals surface area contributed by atoms with Crippen LogP contribution >= 0.6 is 0 Å². The second-order valence-electron chi connectivity index (χ2n) is 8.52. The fourth-order valence-electron chi connectivity index (χ4n) is 4.17. The first-order valence-electron chi connectivity index (χ1n) is 11.0. The topological polar surface area (TPSA) is 69.7 Å². The van der Waals surface area contributed by atoms with Gasteiger partial charge in [0.1, 0.15) is 0 Å². The lowest BCUT2D eigenvalue weighted by atomic mass is 10.0. The van der Waals surface area contributed by atoms with Crippen LogP contribution in [0, 0.1) is 0 Å². The summed E-state index contributed by atoms with van der Waals surface area (Å²) in [6, 6.07) is 14.6. The number of hydrogen-bond acceptors (Lipinski definition) is 4. The second-order valence-corrected chi connectivity index (χ2v) is 10.4. The van der Waals surface area contributed by atoms with Crippen LogP contribution in [0.4, 0.5) is 5.69 Å². The van der Waals surface area contributed by atoms with E-state index in [0.717, 1.165) is 30.6 Å². The molecule has 0 saturated carbocycles. The highest BCUT2D eigenvalue weighted by Crippen LogP contribution is 2.31. The standard InChI is InChI=1S/C24H33N3O3S/c1-18(2)26(19(3)4)17-15-25-24(28)21-11-13-22(14-12-21)31(29,30)27-16-7-9-20-8-5-6-10-23(20)27/h5-6,8,10-14,18-19H,7,9,15-17H2,1-4H3,(H,25,28). The van der Waals surface area contributed by atoms with E-state index >= 15 is 0 Å². The minimum atomic E-state index is -3.67. The van der Waals surface area contributed by atoms with Gasteiger partial charge in [-0.15, -0.1) is 0 Å². The van der Waals surface area contributed by atoms with Gasteiger partial charge >= 0.3 is 0 Å². The number of anilines is 1. The van der Waals surface area contributed by atoms with E-state index in [9.17, 15) is 13.2 Å². The molecule has 0 radical (unpaired) electrons. The van der Waals surface area contributed by atoms with Crippen LogP contribution in [0.3, 0.4) is 0 Å². The van der Waals surface area contributed by atoms with E-state index in [-0.39, 0.29) is 10.8 Å². The zero-order valence-electron chi connectivity index (χ0n) is 18.8. The van der Waals surface area contributed by atoms with Crippen molar-refractivity contribution in [3.8, 4) is 0 Å². The number of sulfonamides is 1. The van der Waals surface area contributed by atoms with Crippen LogP contribution in [0.2, 0.25) is 0 Å². The van der Waals surface area contributed by atoms with Crippen molar-refractivity contribution in [2.45, 2.75) is 57.5 Å². The predicted molar refractivity (Wildman–Crippen MR) is 125 cm³/mol. The highest BCUT2D eigenvalue weighted by molar-refractivity contribution is 7.92. The molecule has 7 heteroatoms. The summed E-state index contributed by atoms with van der Waals surface area (Å²) in [6.07, 6.45) is 1.67. The normalized spacial score (nSPS) is 14.2. The highest BCUT2D eigenvalue weighted by Gasteiger charge is 2.29. The summed E-state index contributed by atoms with van der Waals surface area (Å²) in [7, 11) is -3.67. The highest BCUT2D eigenvalue weighted by atomic mass is 32.2. The van der Waals surface area contributed by atoms with E-state index in [1.54, 1.807) is 12.1 Å². The number of fused-ring (bicyclic) bond motifs is 1. The van der Waals surface area contributed by atoms with Crippen molar-refractivity contribution >= 4 is 21.6 Å². The molecule has 2 aromatic carbocycles. The maximum atomic E-state index is 13.2. The fraction of sp³-hybridized carbons (Fsp3) is 0.458. The number of carbonyl (C=O) groups excluding carboxylic acids is 1. The van der Waals surface area contributed by atoms with Crippen LogP contribution in [0.1, 0.15) is 50.0 Å². The van der Waals surface area contributed by atoms with Crippen molar-refractivity contribution in [2.75, 3.05) is 23.9 Å².